The van der Waals surface area contributed by atoms with Crippen LogP contribution in [0.5, 0.6) is 0 Å². The summed E-state index contributed by atoms with van der Waals surface area (Å²) in [5.41, 5.74) is 0. The van der Waals surface area contributed by atoms with Crippen LogP contribution in [0.3, 0.4) is 0 Å². The van der Waals surface area contributed by atoms with Gasteiger partial charge in [-0.25, -0.2) is 0 Å². The van der Waals surface area contributed by atoms with Crippen LogP contribution < -0.4 is 5.32 Å². The van der Waals surface area contributed by atoms with Crippen molar-refractivity contribution in [1.29, 1.82) is 0 Å². The molecule has 1 N–H and O–H groups in total. The lowest BCUT2D eigenvalue weighted by atomic mass is 10.2. The zero-order chi connectivity index (χ0) is 11.5. The lowest BCUT2D eigenvalue weighted by Gasteiger charge is -2.05. The van der Waals surface area contributed by atoms with Crippen LogP contribution in [0.1, 0.15) is 26.7 Å². The van der Waals surface area contributed by atoms with E-state index < -0.39 is 10.8 Å². The van der Waals surface area contributed by atoms with Crippen LogP contribution in [0.4, 0.5) is 0 Å². The van der Waals surface area contributed by atoms with Gasteiger partial charge in [-0.3, -0.25) is 4.21 Å². The lowest BCUT2D eigenvalue weighted by molar-refractivity contribution is 0.199. The van der Waals surface area contributed by atoms with Crippen LogP contribution >= 0.6 is 0 Å². The molecule has 0 saturated heterocycles. The molecule has 0 aromatic heterocycles. The van der Waals surface area contributed by atoms with Gasteiger partial charge in [0.1, 0.15) is 0 Å². The molecule has 0 heterocycles. The number of hydrogen-bond acceptors (Lipinski definition) is 3. The second-order valence-corrected chi connectivity index (χ2v) is 5.82. The minimum atomic E-state index is -0.619. The van der Waals surface area contributed by atoms with E-state index in [4.69, 9.17) is 4.74 Å². The second-order valence-electron chi connectivity index (χ2n) is 4.13. The molecule has 0 amide bonds. The normalized spacial score (nSPS) is 13.3. The first-order valence-corrected chi connectivity index (χ1v) is 7.20. The third-order valence-electron chi connectivity index (χ3n) is 2.13. The van der Waals surface area contributed by atoms with Crippen LogP contribution in [-0.4, -0.2) is 42.5 Å². The zero-order valence-electron chi connectivity index (χ0n) is 10.3. The van der Waals surface area contributed by atoms with Crippen molar-refractivity contribution in [3.05, 3.63) is 0 Å². The maximum absolute atomic E-state index is 11.5. The largest absolute Gasteiger partial charge is 0.383 e. The Hall–Kier alpha value is 0.0700. The Morgan fingerprint density at radius 1 is 1.27 bits per heavy atom. The highest BCUT2D eigenvalue weighted by Gasteiger charge is 2.01. The predicted molar refractivity (Wildman–Crippen MR) is 66.7 cm³/mol. The van der Waals surface area contributed by atoms with Gasteiger partial charge in [-0.2, -0.15) is 0 Å². The summed E-state index contributed by atoms with van der Waals surface area (Å²) in [4.78, 5) is 0. The van der Waals surface area contributed by atoms with E-state index in [0.717, 1.165) is 44.0 Å². The highest BCUT2D eigenvalue weighted by Crippen LogP contribution is 2.01. The number of nitrogens with one attached hydrogen (secondary N) is 1. The van der Waals surface area contributed by atoms with Gasteiger partial charge in [0.15, 0.2) is 0 Å². The quantitative estimate of drug-likeness (QED) is 0.582. The summed E-state index contributed by atoms with van der Waals surface area (Å²) in [6, 6.07) is 0. The van der Waals surface area contributed by atoms with Crippen LogP contribution in [0.25, 0.3) is 0 Å². The summed E-state index contributed by atoms with van der Waals surface area (Å²) in [7, 11) is 1.08. The van der Waals surface area contributed by atoms with Gasteiger partial charge in [-0.15, -0.1) is 0 Å². The molecule has 0 spiro atoms. The van der Waals surface area contributed by atoms with Crippen LogP contribution in [0.15, 0.2) is 0 Å². The standard InChI is InChI=1S/C11H25NO2S/c1-11(2)5-10-15(13)9-4-6-12-7-8-14-3/h11-12H,4-10H2,1-3H3. The van der Waals surface area contributed by atoms with Gasteiger partial charge in [0.05, 0.1) is 6.61 Å². The van der Waals surface area contributed by atoms with Gasteiger partial charge in [-0.1, -0.05) is 13.8 Å². The summed E-state index contributed by atoms with van der Waals surface area (Å²) >= 11 is 0. The Kier molecular flexibility index (Phi) is 10.6. The molecule has 15 heavy (non-hydrogen) atoms. The van der Waals surface area contributed by atoms with Gasteiger partial charge >= 0.3 is 0 Å². The molecule has 3 nitrogen and oxygen atoms in total. The van der Waals surface area contributed by atoms with E-state index in [-0.39, 0.29) is 0 Å². The predicted octanol–water partition coefficient (Wildman–Crippen LogP) is 1.41. The molecule has 1 atom stereocenters. The van der Waals surface area contributed by atoms with Crippen molar-refractivity contribution in [3.63, 3.8) is 0 Å². The Morgan fingerprint density at radius 2 is 2.00 bits per heavy atom. The summed E-state index contributed by atoms with van der Waals surface area (Å²) in [6.45, 7) is 6.91. The fourth-order valence-electron chi connectivity index (χ4n) is 1.13. The summed E-state index contributed by atoms with van der Waals surface area (Å²) in [5.74, 6) is 2.34. The Morgan fingerprint density at radius 3 is 2.60 bits per heavy atom. The third-order valence-corrected chi connectivity index (χ3v) is 3.57. The van der Waals surface area contributed by atoms with Crippen LogP contribution in [0.2, 0.25) is 0 Å². The maximum Gasteiger partial charge on any atom is 0.0587 e. The number of ether oxygens (including phenoxy) is 1. The van der Waals surface area contributed by atoms with Crippen LogP contribution in [0, 0.1) is 5.92 Å². The monoisotopic (exact) mass is 235 g/mol. The highest BCUT2D eigenvalue weighted by atomic mass is 32.2. The van der Waals surface area contributed by atoms with Gasteiger partial charge < -0.3 is 10.1 Å². The third kappa shape index (κ3) is 12.0. The van der Waals surface area contributed by atoms with Gasteiger partial charge in [0.25, 0.3) is 0 Å². The van der Waals surface area contributed by atoms with E-state index in [1.165, 1.54) is 0 Å². The Balaban J connectivity index is 3.17. The Bertz CT molecular complexity index is 163. The summed E-state index contributed by atoms with van der Waals surface area (Å²) in [5, 5.41) is 3.25. The fraction of sp³-hybridized carbons (Fsp3) is 1.00. The van der Waals surface area contributed by atoms with Crippen LogP contribution in [-0.2, 0) is 15.5 Å². The molecule has 0 aliphatic rings. The molecule has 0 bridgehead atoms. The summed E-state index contributed by atoms with van der Waals surface area (Å²) < 4.78 is 16.4. The molecule has 0 fully saturated rings. The molecular formula is C11H25NO2S. The fourth-order valence-corrected chi connectivity index (χ4v) is 2.53. The highest BCUT2D eigenvalue weighted by molar-refractivity contribution is 7.84. The smallest absolute Gasteiger partial charge is 0.0587 e. The first-order chi connectivity index (χ1) is 7.16. The molecule has 4 heteroatoms. The SMILES string of the molecule is COCCNCCCS(=O)CCC(C)C. The molecule has 0 aromatic rings. The van der Waals surface area contributed by atoms with E-state index in [0.29, 0.717) is 5.92 Å². The second kappa shape index (κ2) is 10.6. The average Bonchev–Trinajstić information content (AvgIpc) is 2.20. The maximum atomic E-state index is 11.5. The van der Waals surface area contributed by atoms with Crippen molar-refractivity contribution in [2.24, 2.45) is 5.92 Å². The Labute approximate surface area is 96.4 Å². The van der Waals surface area contributed by atoms with E-state index >= 15 is 0 Å². The molecule has 0 aliphatic carbocycles. The van der Waals surface area contributed by atoms with E-state index in [9.17, 15) is 4.21 Å². The van der Waals surface area contributed by atoms with Crippen molar-refractivity contribution < 1.29 is 8.95 Å². The molecule has 0 rings (SSSR count). The first-order valence-electron chi connectivity index (χ1n) is 5.71. The minimum Gasteiger partial charge on any atom is -0.383 e. The minimum absolute atomic E-state index is 0.619. The molecular weight excluding hydrogens is 210 g/mol. The van der Waals surface area contributed by atoms with Crippen molar-refractivity contribution in [2.75, 3.05) is 38.3 Å². The molecule has 0 aliphatic heterocycles. The summed E-state index contributed by atoms with van der Waals surface area (Å²) in [6.07, 6.45) is 2.07. The van der Waals surface area contributed by atoms with Crippen molar-refractivity contribution in [3.8, 4) is 0 Å². The lowest BCUT2D eigenvalue weighted by Crippen LogP contribution is -2.21. The van der Waals surface area contributed by atoms with Gasteiger partial charge in [-0.05, 0) is 25.3 Å². The molecule has 0 aromatic carbocycles. The van der Waals surface area contributed by atoms with Gasteiger partial charge in [0, 0.05) is 36.0 Å². The number of methoxy groups -OCH3 is 1. The van der Waals surface area contributed by atoms with Gasteiger partial charge in [0.2, 0.25) is 0 Å². The van der Waals surface area contributed by atoms with E-state index in [1.807, 2.05) is 0 Å². The number of rotatable bonds is 10. The molecule has 92 valence electrons. The molecule has 0 saturated carbocycles. The van der Waals surface area contributed by atoms with Crippen molar-refractivity contribution in [2.45, 2.75) is 26.7 Å². The average molecular weight is 235 g/mol. The van der Waals surface area contributed by atoms with Crippen molar-refractivity contribution >= 4 is 10.8 Å². The zero-order valence-corrected chi connectivity index (χ0v) is 11.1. The first kappa shape index (κ1) is 15.1. The van der Waals surface area contributed by atoms with E-state index in [1.54, 1.807) is 7.11 Å². The number of hydrogen-bond donors (Lipinski definition) is 1. The molecule has 1 unspecified atom stereocenters. The topological polar surface area (TPSA) is 38.3 Å². The van der Waals surface area contributed by atoms with Crippen molar-refractivity contribution in [1.82, 2.24) is 5.32 Å². The van der Waals surface area contributed by atoms with E-state index in [2.05, 4.69) is 19.2 Å². The molecule has 0 radical (unpaired) electrons.